The van der Waals surface area contributed by atoms with Gasteiger partial charge in [0, 0.05) is 17.1 Å². The first kappa shape index (κ1) is 19.5. The molecule has 0 unspecified atom stereocenters. The smallest absolute Gasteiger partial charge is 0.406 e. The number of hydrogen-bond acceptors (Lipinski definition) is 5. The topological polar surface area (TPSA) is 63.2 Å². The SMILES string of the molecule is O=C(Nc1ccc(F)cc1F)c1csc(Nc2ccc(OC(F)(F)F)cc2)n1. The number of amides is 1. The van der Waals surface area contributed by atoms with Crippen LogP contribution in [0, 0.1) is 11.6 Å². The highest BCUT2D eigenvalue weighted by atomic mass is 32.1. The van der Waals surface area contributed by atoms with Crippen molar-refractivity contribution in [3.8, 4) is 5.75 Å². The minimum absolute atomic E-state index is 0.0201. The molecule has 0 aliphatic rings. The molecule has 0 atom stereocenters. The highest BCUT2D eigenvalue weighted by molar-refractivity contribution is 7.14. The van der Waals surface area contributed by atoms with Gasteiger partial charge in [0.2, 0.25) is 0 Å². The number of thiazole rings is 1. The Morgan fingerprint density at radius 2 is 1.79 bits per heavy atom. The number of nitrogens with one attached hydrogen (secondary N) is 2. The molecule has 11 heteroatoms. The Bertz CT molecular complexity index is 989. The second-order valence-electron chi connectivity index (χ2n) is 5.31. The van der Waals surface area contributed by atoms with Gasteiger partial charge in [0.05, 0.1) is 5.69 Å². The normalized spacial score (nSPS) is 11.2. The van der Waals surface area contributed by atoms with Gasteiger partial charge in [-0.15, -0.1) is 24.5 Å². The predicted molar refractivity (Wildman–Crippen MR) is 92.8 cm³/mol. The maximum atomic E-state index is 13.6. The number of carbonyl (C=O) groups excluding carboxylic acids is 1. The summed E-state index contributed by atoms with van der Waals surface area (Å²) in [7, 11) is 0. The van der Waals surface area contributed by atoms with Crippen molar-refractivity contribution in [2.45, 2.75) is 6.36 Å². The third-order valence-electron chi connectivity index (χ3n) is 3.26. The number of halogens is 5. The summed E-state index contributed by atoms with van der Waals surface area (Å²) in [4.78, 5) is 16.1. The maximum absolute atomic E-state index is 13.6. The van der Waals surface area contributed by atoms with Crippen LogP contribution in [0.1, 0.15) is 10.5 Å². The summed E-state index contributed by atoms with van der Waals surface area (Å²) in [6.07, 6.45) is -4.78. The van der Waals surface area contributed by atoms with E-state index in [4.69, 9.17) is 0 Å². The third kappa shape index (κ3) is 5.16. The number of aromatic nitrogens is 1. The summed E-state index contributed by atoms with van der Waals surface area (Å²) in [6.45, 7) is 0. The molecule has 0 spiro atoms. The number of anilines is 3. The molecule has 0 saturated carbocycles. The van der Waals surface area contributed by atoms with Crippen molar-refractivity contribution in [2.75, 3.05) is 10.6 Å². The van der Waals surface area contributed by atoms with Crippen molar-refractivity contribution in [3.63, 3.8) is 0 Å². The van der Waals surface area contributed by atoms with E-state index in [-0.39, 0.29) is 22.3 Å². The predicted octanol–water partition coefficient (Wildman–Crippen LogP) is 5.32. The van der Waals surface area contributed by atoms with E-state index in [0.717, 1.165) is 35.6 Å². The molecule has 0 fully saturated rings. The summed E-state index contributed by atoms with van der Waals surface area (Å²) >= 11 is 1.06. The zero-order valence-corrected chi connectivity index (χ0v) is 14.5. The van der Waals surface area contributed by atoms with Gasteiger partial charge in [0.1, 0.15) is 23.1 Å². The molecule has 1 heterocycles. The third-order valence-corrected chi connectivity index (χ3v) is 4.01. The summed E-state index contributed by atoms with van der Waals surface area (Å²) in [5.41, 5.74) is 0.197. The zero-order chi connectivity index (χ0) is 20.3. The number of nitrogens with zero attached hydrogens (tertiary/aromatic N) is 1. The lowest BCUT2D eigenvalue weighted by Gasteiger charge is -2.09. The number of rotatable bonds is 5. The van der Waals surface area contributed by atoms with Crippen molar-refractivity contribution in [3.05, 3.63) is 65.2 Å². The van der Waals surface area contributed by atoms with Crippen molar-refractivity contribution >= 4 is 33.8 Å². The lowest BCUT2D eigenvalue weighted by molar-refractivity contribution is -0.274. The van der Waals surface area contributed by atoms with E-state index in [2.05, 4.69) is 20.4 Å². The minimum Gasteiger partial charge on any atom is -0.406 e. The van der Waals surface area contributed by atoms with Crippen LogP contribution in [0.25, 0.3) is 0 Å². The van der Waals surface area contributed by atoms with Gasteiger partial charge >= 0.3 is 6.36 Å². The summed E-state index contributed by atoms with van der Waals surface area (Å²) in [5, 5.41) is 6.78. The van der Waals surface area contributed by atoms with E-state index in [1.807, 2.05) is 0 Å². The lowest BCUT2D eigenvalue weighted by atomic mass is 10.3. The Balaban J connectivity index is 1.64. The van der Waals surface area contributed by atoms with Crippen LogP contribution >= 0.6 is 11.3 Å². The Morgan fingerprint density at radius 3 is 2.43 bits per heavy atom. The summed E-state index contributed by atoms with van der Waals surface area (Å²) in [6, 6.07) is 7.64. The molecule has 0 aliphatic carbocycles. The molecule has 0 aliphatic heterocycles. The standard InChI is InChI=1S/C17H10F5N3O2S/c18-9-1-6-13(12(19)7-9)24-15(26)14-8-28-16(25-14)23-10-2-4-11(5-3-10)27-17(20,21)22/h1-8H,(H,23,25)(H,24,26). The molecular formula is C17H10F5N3O2S. The minimum atomic E-state index is -4.78. The Labute approximate surface area is 158 Å². The first-order valence-electron chi connectivity index (χ1n) is 7.54. The van der Waals surface area contributed by atoms with Gasteiger partial charge in [-0.25, -0.2) is 13.8 Å². The molecule has 146 valence electrons. The molecule has 3 aromatic rings. The van der Waals surface area contributed by atoms with Gasteiger partial charge in [-0.2, -0.15) is 0 Å². The fourth-order valence-corrected chi connectivity index (χ4v) is 2.79. The molecule has 28 heavy (non-hydrogen) atoms. The van der Waals surface area contributed by atoms with Crippen LogP contribution in [-0.4, -0.2) is 17.3 Å². The van der Waals surface area contributed by atoms with E-state index < -0.39 is 23.9 Å². The van der Waals surface area contributed by atoms with Gasteiger partial charge < -0.3 is 15.4 Å². The van der Waals surface area contributed by atoms with Crippen molar-refractivity contribution in [1.82, 2.24) is 4.98 Å². The fraction of sp³-hybridized carbons (Fsp3) is 0.0588. The average molecular weight is 415 g/mol. The molecule has 1 aromatic heterocycles. The summed E-state index contributed by atoms with van der Waals surface area (Å²) < 4.78 is 66.7. The van der Waals surface area contributed by atoms with Crippen molar-refractivity contribution < 1.29 is 31.5 Å². The van der Waals surface area contributed by atoms with E-state index in [1.54, 1.807) is 0 Å². The second-order valence-corrected chi connectivity index (χ2v) is 6.17. The second kappa shape index (κ2) is 7.80. The molecule has 0 saturated heterocycles. The molecule has 2 N–H and O–H groups in total. The van der Waals surface area contributed by atoms with Gasteiger partial charge in [-0.05, 0) is 36.4 Å². The van der Waals surface area contributed by atoms with Crippen LogP contribution in [0.4, 0.5) is 38.5 Å². The van der Waals surface area contributed by atoms with Crippen LogP contribution in [0.3, 0.4) is 0 Å². The van der Waals surface area contributed by atoms with E-state index >= 15 is 0 Å². The number of alkyl halides is 3. The first-order valence-corrected chi connectivity index (χ1v) is 8.42. The Kier molecular flexibility index (Phi) is 5.45. The van der Waals surface area contributed by atoms with Crippen LogP contribution in [0.5, 0.6) is 5.75 Å². The Hall–Kier alpha value is -3.21. The molecule has 3 rings (SSSR count). The van der Waals surface area contributed by atoms with E-state index in [1.165, 1.54) is 17.5 Å². The molecule has 0 bridgehead atoms. The highest BCUT2D eigenvalue weighted by Crippen LogP contribution is 2.26. The zero-order valence-electron chi connectivity index (χ0n) is 13.7. The number of hydrogen-bond donors (Lipinski definition) is 2. The maximum Gasteiger partial charge on any atom is 0.573 e. The van der Waals surface area contributed by atoms with Crippen LogP contribution in [0.2, 0.25) is 0 Å². The summed E-state index contributed by atoms with van der Waals surface area (Å²) in [5.74, 6) is -2.78. The Morgan fingerprint density at radius 1 is 1.07 bits per heavy atom. The number of benzene rings is 2. The molecule has 1 amide bonds. The fourth-order valence-electron chi connectivity index (χ4n) is 2.08. The highest BCUT2D eigenvalue weighted by Gasteiger charge is 2.30. The van der Waals surface area contributed by atoms with Crippen LogP contribution in [-0.2, 0) is 0 Å². The molecule has 0 radical (unpaired) electrons. The van der Waals surface area contributed by atoms with E-state index in [0.29, 0.717) is 11.8 Å². The largest absolute Gasteiger partial charge is 0.573 e. The van der Waals surface area contributed by atoms with Gasteiger partial charge in [0.15, 0.2) is 5.13 Å². The quantitative estimate of drug-likeness (QED) is 0.554. The van der Waals surface area contributed by atoms with Crippen molar-refractivity contribution in [2.24, 2.45) is 0 Å². The monoisotopic (exact) mass is 415 g/mol. The van der Waals surface area contributed by atoms with Gasteiger partial charge in [0.25, 0.3) is 5.91 Å². The molecule has 5 nitrogen and oxygen atoms in total. The molecular weight excluding hydrogens is 405 g/mol. The van der Waals surface area contributed by atoms with Crippen LogP contribution < -0.4 is 15.4 Å². The lowest BCUT2D eigenvalue weighted by Crippen LogP contribution is -2.16. The molecule has 2 aromatic carbocycles. The van der Waals surface area contributed by atoms with Crippen LogP contribution in [0.15, 0.2) is 47.8 Å². The van der Waals surface area contributed by atoms with E-state index in [9.17, 15) is 26.7 Å². The van der Waals surface area contributed by atoms with Crippen molar-refractivity contribution in [1.29, 1.82) is 0 Å². The number of carbonyl (C=O) groups is 1. The average Bonchev–Trinajstić information content (AvgIpc) is 3.06. The number of ether oxygens (including phenoxy) is 1. The first-order chi connectivity index (χ1) is 13.2. The van der Waals surface area contributed by atoms with Gasteiger partial charge in [-0.3, -0.25) is 4.79 Å². The van der Waals surface area contributed by atoms with Gasteiger partial charge in [-0.1, -0.05) is 0 Å².